The number of nitrogen functional groups attached to an aromatic ring is 1. The zero-order chi connectivity index (χ0) is 19.7. The van der Waals surface area contributed by atoms with E-state index in [4.69, 9.17) is 10.3 Å². The third-order valence-corrected chi connectivity index (χ3v) is 4.93. The molecule has 0 spiro atoms. The number of hydrogen-bond acceptors (Lipinski definition) is 4. The Kier molecular flexibility index (Phi) is 4.65. The van der Waals surface area contributed by atoms with Crippen molar-refractivity contribution in [2.24, 2.45) is 0 Å². The number of halogens is 1. The first-order valence-corrected chi connectivity index (χ1v) is 9.08. The Labute approximate surface area is 162 Å². The first kappa shape index (κ1) is 17.9. The van der Waals surface area contributed by atoms with E-state index in [0.717, 1.165) is 22.3 Å². The maximum absolute atomic E-state index is 14.7. The fraction of sp³-hybridized carbons (Fsp3) is 0.130. The molecule has 0 bridgehead atoms. The Morgan fingerprint density at radius 1 is 0.964 bits per heavy atom. The molecule has 4 nitrogen and oxygen atoms in total. The van der Waals surface area contributed by atoms with E-state index in [1.165, 1.54) is 6.07 Å². The van der Waals surface area contributed by atoms with Crippen LogP contribution in [0.2, 0.25) is 0 Å². The van der Waals surface area contributed by atoms with Crippen LogP contribution >= 0.6 is 0 Å². The summed E-state index contributed by atoms with van der Waals surface area (Å²) in [6.45, 7) is 3.86. The monoisotopic (exact) mass is 373 g/mol. The van der Waals surface area contributed by atoms with Gasteiger partial charge in [0, 0.05) is 16.8 Å². The highest BCUT2D eigenvalue weighted by atomic mass is 19.1. The maximum atomic E-state index is 14.7. The summed E-state index contributed by atoms with van der Waals surface area (Å²) in [5.41, 5.74) is 10.6. The lowest BCUT2D eigenvalue weighted by Gasteiger charge is -2.10. The number of aryl methyl sites for hydroxylation is 1. The molecule has 2 N–H and O–H groups in total. The van der Waals surface area contributed by atoms with Crippen molar-refractivity contribution in [3.8, 4) is 22.5 Å². The molecular weight excluding hydrogens is 353 g/mol. The van der Waals surface area contributed by atoms with Gasteiger partial charge < -0.3 is 10.3 Å². The molecule has 140 valence electrons. The molecule has 4 aromatic rings. The van der Waals surface area contributed by atoms with Gasteiger partial charge in [-0.15, -0.1) is 0 Å². The molecule has 5 heteroatoms. The van der Waals surface area contributed by atoms with E-state index < -0.39 is 0 Å². The second-order valence-electron chi connectivity index (χ2n) is 6.85. The lowest BCUT2D eigenvalue weighted by Crippen LogP contribution is -1.98. The van der Waals surface area contributed by atoms with Gasteiger partial charge in [-0.1, -0.05) is 59.8 Å². The Morgan fingerprint density at radius 3 is 2.46 bits per heavy atom. The molecule has 0 aliphatic rings. The van der Waals surface area contributed by atoms with Crippen LogP contribution in [0.3, 0.4) is 0 Å². The molecule has 1 heterocycles. The molecule has 1 atom stereocenters. The van der Waals surface area contributed by atoms with Gasteiger partial charge in [0.25, 0.3) is 0 Å². The SMILES string of the molecule is Cc1ccc(-c2noc(C(C)c3ccc(-c4ccccc4)c(F)c3)n2)cc1N. The molecule has 0 amide bonds. The minimum atomic E-state index is -0.276. The van der Waals surface area contributed by atoms with Crippen LogP contribution in [0.1, 0.15) is 29.9 Å². The molecule has 28 heavy (non-hydrogen) atoms. The van der Waals surface area contributed by atoms with Crippen LogP contribution in [0.5, 0.6) is 0 Å². The minimum Gasteiger partial charge on any atom is -0.398 e. The second kappa shape index (κ2) is 7.27. The third-order valence-electron chi connectivity index (χ3n) is 4.93. The van der Waals surface area contributed by atoms with Gasteiger partial charge in [0.05, 0.1) is 5.92 Å². The number of aromatic nitrogens is 2. The van der Waals surface area contributed by atoms with Crippen molar-refractivity contribution in [2.45, 2.75) is 19.8 Å². The summed E-state index contributed by atoms with van der Waals surface area (Å²) in [6.07, 6.45) is 0. The fourth-order valence-corrected chi connectivity index (χ4v) is 3.10. The molecule has 3 aromatic carbocycles. The topological polar surface area (TPSA) is 64.9 Å². The van der Waals surface area contributed by atoms with Crippen molar-refractivity contribution < 1.29 is 8.91 Å². The normalized spacial score (nSPS) is 12.1. The van der Waals surface area contributed by atoms with Crippen molar-refractivity contribution in [1.82, 2.24) is 10.1 Å². The summed E-state index contributed by atoms with van der Waals surface area (Å²) >= 11 is 0. The van der Waals surface area contributed by atoms with Gasteiger partial charge in [0.2, 0.25) is 11.7 Å². The Balaban J connectivity index is 1.61. The number of nitrogens with zero attached hydrogens (tertiary/aromatic N) is 2. The number of benzene rings is 3. The summed E-state index contributed by atoms with van der Waals surface area (Å²) in [4.78, 5) is 4.48. The Bertz CT molecular complexity index is 1120. The van der Waals surface area contributed by atoms with Crippen molar-refractivity contribution in [3.05, 3.63) is 89.6 Å². The number of rotatable bonds is 4. The summed E-state index contributed by atoms with van der Waals surface area (Å²) in [5, 5.41) is 4.06. The molecule has 0 saturated heterocycles. The van der Waals surface area contributed by atoms with Crippen molar-refractivity contribution in [1.29, 1.82) is 0 Å². The number of anilines is 1. The predicted molar refractivity (Wildman–Crippen MR) is 108 cm³/mol. The van der Waals surface area contributed by atoms with E-state index >= 15 is 0 Å². The summed E-state index contributed by atoms with van der Waals surface area (Å²) in [7, 11) is 0. The molecule has 0 aliphatic heterocycles. The summed E-state index contributed by atoms with van der Waals surface area (Å²) in [5.74, 6) is 0.390. The Hall–Kier alpha value is -3.47. The summed E-state index contributed by atoms with van der Waals surface area (Å²) < 4.78 is 20.1. The average Bonchev–Trinajstić information content (AvgIpc) is 3.20. The van der Waals surface area contributed by atoms with E-state index in [2.05, 4.69) is 10.1 Å². The smallest absolute Gasteiger partial charge is 0.234 e. The van der Waals surface area contributed by atoms with E-state index in [0.29, 0.717) is 23.0 Å². The van der Waals surface area contributed by atoms with Crippen LogP contribution in [-0.4, -0.2) is 10.1 Å². The molecular formula is C23H20FN3O. The minimum absolute atomic E-state index is 0.233. The molecule has 0 radical (unpaired) electrons. The highest BCUT2D eigenvalue weighted by Crippen LogP contribution is 2.30. The second-order valence-corrected chi connectivity index (χ2v) is 6.85. The maximum Gasteiger partial charge on any atom is 0.234 e. The zero-order valence-electron chi connectivity index (χ0n) is 15.7. The summed E-state index contributed by atoms with van der Waals surface area (Å²) in [6, 6.07) is 20.3. The molecule has 1 unspecified atom stereocenters. The largest absolute Gasteiger partial charge is 0.398 e. The molecule has 4 rings (SSSR count). The van der Waals surface area contributed by atoms with Gasteiger partial charge in [-0.25, -0.2) is 4.39 Å². The first-order chi connectivity index (χ1) is 13.5. The predicted octanol–water partition coefficient (Wildman–Crippen LogP) is 5.59. The van der Waals surface area contributed by atoms with Crippen LogP contribution in [0.15, 0.2) is 71.3 Å². The van der Waals surface area contributed by atoms with E-state index in [-0.39, 0.29) is 11.7 Å². The van der Waals surface area contributed by atoms with Crippen LogP contribution in [0.25, 0.3) is 22.5 Å². The fourth-order valence-electron chi connectivity index (χ4n) is 3.10. The van der Waals surface area contributed by atoms with E-state index in [9.17, 15) is 4.39 Å². The van der Waals surface area contributed by atoms with Crippen molar-refractivity contribution in [3.63, 3.8) is 0 Å². The highest BCUT2D eigenvalue weighted by Gasteiger charge is 2.19. The molecule has 1 aromatic heterocycles. The standard InChI is InChI=1S/C23H20FN3O/c1-14-8-9-18(13-21(14)25)22-26-23(28-27-22)15(2)17-10-11-19(20(24)12-17)16-6-4-3-5-7-16/h3-13,15H,25H2,1-2H3. The van der Waals surface area contributed by atoms with Gasteiger partial charge in [-0.05, 0) is 42.7 Å². The molecule has 0 aliphatic carbocycles. The van der Waals surface area contributed by atoms with Crippen molar-refractivity contribution in [2.75, 3.05) is 5.73 Å². The van der Waals surface area contributed by atoms with Gasteiger partial charge in [-0.3, -0.25) is 0 Å². The lowest BCUT2D eigenvalue weighted by atomic mass is 9.97. The third kappa shape index (κ3) is 3.39. The Morgan fingerprint density at radius 2 is 1.75 bits per heavy atom. The van der Waals surface area contributed by atoms with Crippen molar-refractivity contribution >= 4 is 5.69 Å². The van der Waals surface area contributed by atoms with Gasteiger partial charge in [-0.2, -0.15) is 4.98 Å². The van der Waals surface area contributed by atoms with Crippen LogP contribution < -0.4 is 5.73 Å². The van der Waals surface area contributed by atoms with Crippen LogP contribution in [-0.2, 0) is 0 Å². The first-order valence-electron chi connectivity index (χ1n) is 9.08. The number of nitrogens with two attached hydrogens (primary N) is 1. The van der Waals surface area contributed by atoms with Gasteiger partial charge in [0.1, 0.15) is 5.82 Å². The van der Waals surface area contributed by atoms with E-state index in [1.807, 2.05) is 68.4 Å². The zero-order valence-corrected chi connectivity index (χ0v) is 15.7. The average molecular weight is 373 g/mol. The van der Waals surface area contributed by atoms with Crippen LogP contribution in [0, 0.1) is 12.7 Å². The molecule has 0 saturated carbocycles. The van der Waals surface area contributed by atoms with Gasteiger partial charge in [0.15, 0.2) is 0 Å². The molecule has 0 fully saturated rings. The number of hydrogen-bond donors (Lipinski definition) is 1. The quantitative estimate of drug-likeness (QED) is 0.474. The van der Waals surface area contributed by atoms with Crippen LogP contribution in [0.4, 0.5) is 10.1 Å². The van der Waals surface area contributed by atoms with Gasteiger partial charge >= 0.3 is 0 Å². The lowest BCUT2D eigenvalue weighted by molar-refractivity contribution is 0.370. The highest BCUT2D eigenvalue weighted by molar-refractivity contribution is 5.65. The van der Waals surface area contributed by atoms with E-state index in [1.54, 1.807) is 6.07 Å².